The van der Waals surface area contributed by atoms with Crippen molar-refractivity contribution in [2.75, 3.05) is 0 Å². The van der Waals surface area contributed by atoms with E-state index in [1.165, 1.54) is 0 Å². The molecule has 1 rings (SSSR count). The maximum absolute atomic E-state index is 10.0. The molecule has 1 aliphatic rings. The fourth-order valence-corrected chi connectivity index (χ4v) is 1.48. The second kappa shape index (κ2) is 2.34. The van der Waals surface area contributed by atoms with Gasteiger partial charge in [-0.1, -0.05) is 13.0 Å². The molecule has 3 nitrogen and oxygen atoms in total. The number of rotatable bonds is 4. The van der Waals surface area contributed by atoms with Crippen LogP contribution in [0.3, 0.4) is 0 Å². The van der Waals surface area contributed by atoms with Gasteiger partial charge in [-0.15, -0.1) is 6.58 Å². The Hall–Kier alpha value is -0.830. The van der Waals surface area contributed by atoms with Gasteiger partial charge in [0.25, 0.3) is 6.47 Å². The van der Waals surface area contributed by atoms with Gasteiger partial charge in [0, 0.05) is 11.8 Å². The molecule has 62 valence electrons. The highest BCUT2D eigenvalue weighted by Crippen LogP contribution is 2.58. The van der Waals surface area contributed by atoms with Crippen LogP contribution in [-0.2, 0) is 9.53 Å². The summed E-state index contributed by atoms with van der Waals surface area (Å²) in [6, 6.07) is 0. The molecule has 0 spiro atoms. The molecule has 3 heteroatoms. The second-order valence-electron chi connectivity index (χ2n) is 2.99. The highest BCUT2D eigenvalue weighted by molar-refractivity contribution is 5.41. The average Bonchev–Trinajstić information content (AvgIpc) is 2.58. The smallest absolute Gasteiger partial charge is 0.294 e. The Balaban J connectivity index is 2.67. The Morgan fingerprint density at radius 2 is 2.45 bits per heavy atom. The van der Waals surface area contributed by atoms with E-state index in [0.29, 0.717) is 12.9 Å². The Bertz CT molecular complexity index is 193. The minimum atomic E-state index is -0.773. The van der Waals surface area contributed by atoms with E-state index in [1.807, 2.05) is 6.92 Å². The normalized spacial score (nSPS) is 41.3. The first-order valence-corrected chi connectivity index (χ1v) is 3.68. The summed E-state index contributed by atoms with van der Waals surface area (Å²) in [6.45, 7) is 6.08. The standard InChI is InChI=1S/C8H13NO2/c1-3-7(4-2)5-8(7,9)11-6-10/h3,6H,1,4-5,9H2,2H3/t7-,8+/m0/s1. The van der Waals surface area contributed by atoms with Gasteiger partial charge in [0.2, 0.25) is 0 Å². The van der Waals surface area contributed by atoms with Crippen LogP contribution < -0.4 is 5.73 Å². The van der Waals surface area contributed by atoms with Crippen molar-refractivity contribution in [2.45, 2.75) is 25.5 Å². The van der Waals surface area contributed by atoms with Gasteiger partial charge in [0.05, 0.1) is 0 Å². The highest BCUT2D eigenvalue weighted by atomic mass is 16.6. The van der Waals surface area contributed by atoms with Crippen LogP contribution in [0.5, 0.6) is 0 Å². The lowest BCUT2D eigenvalue weighted by Gasteiger charge is -2.15. The van der Waals surface area contributed by atoms with Crippen molar-refractivity contribution in [2.24, 2.45) is 11.1 Å². The predicted molar refractivity (Wildman–Crippen MR) is 41.6 cm³/mol. The quantitative estimate of drug-likeness (QED) is 0.371. The zero-order chi connectivity index (χ0) is 8.54. The van der Waals surface area contributed by atoms with Gasteiger partial charge in [-0.3, -0.25) is 10.5 Å². The van der Waals surface area contributed by atoms with E-state index < -0.39 is 5.72 Å². The van der Waals surface area contributed by atoms with Crippen molar-refractivity contribution in [1.82, 2.24) is 0 Å². The van der Waals surface area contributed by atoms with E-state index in [-0.39, 0.29) is 5.41 Å². The number of ether oxygens (including phenoxy) is 1. The second-order valence-corrected chi connectivity index (χ2v) is 2.99. The molecule has 2 N–H and O–H groups in total. The van der Waals surface area contributed by atoms with E-state index in [4.69, 9.17) is 10.5 Å². The molecule has 2 atom stereocenters. The molecule has 0 unspecified atom stereocenters. The highest BCUT2D eigenvalue weighted by Gasteiger charge is 2.65. The largest absolute Gasteiger partial charge is 0.445 e. The van der Waals surface area contributed by atoms with E-state index in [1.54, 1.807) is 6.08 Å². The van der Waals surface area contributed by atoms with Gasteiger partial charge in [-0.05, 0) is 6.42 Å². The molecule has 0 aromatic rings. The molecule has 11 heavy (non-hydrogen) atoms. The Kier molecular flexibility index (Phi) is 1.76. The first kappa shape index (κ1) is 8.27. The maximum atomic E-state index is 10.0. The van der Waals surface area contributed by atoms with E-state index in [9.17, 15) is 4.79 Å². The Morgan fingerprint density at radius 3 is 2.73 bits per heavy atom. The van der Waals surface area contributed by atoms with Crippen molar-refractivity contribution < 1.29 is 9.53 Å². The molecule has 0 aliphatic heterocycles. The van der Waals surface area contributed by atoms with E-state index >= 15 is 0 Å². The zero-order valence-corrected chi connectivity index (χ0v) is 6.67. The van der Waals surface area contributed by atoms with Crippen LogP contribution in [0, 0.1) is 5.41 Å². The summed E-state index contributed by atoms with van der Waals surface area (Å²) in [7, 11) is 0. The third kappa shape index (κ3) is 0.959. The summed E-state index contributed by atoms with van der Waals surface area (Å²) in [4.78, 5) is 10.0. The molecular formula is C8H13NO2. The molecular weight excluding hydrogens is 142 g/mol. The number of carbonyl (C=O) groups excluding carboxylic acids is 1. The van der Waals surface area contributed by atoms with Crippen LogP contribution in [0.4, 0.5) is 0 Å². The first-order valence-electron chi connectivity index (χ1n) is 3.68. The van der Waals surface area contributed by atoms with Crippen LogP contribution >= 0.6 is 0 Å². The van der Waals surface area contributed by atoms with Crippen LogP contribution in [0.25, 0.3) is 0 Å². The van der Waals surface area contributed by atoms with Gasteiger partial charge in [0.15, 0.2) is 5.72 Å². The lowest BCUT2D eigenvalue weighted by Crippen LogP contribution is -2.32. The monoisotopic (exact) mass is 155 g/mol. The van der Waals surface area contributed by atoms with E-state index in [0.717, 1.165) is 6.42 Å². The van der Waals surface area contributed by atoms with Gasteiger partial charge < -0.3 is 4.74 Å². The summed E-state index contributed by atoms with van der Waals surface area (Å²) in [5.41, 5.74) is 4.79. The molecule has 0 amide bonds. The minimum Gasteiger partial charge on any atom is -0.445 e. The molecule has 0 aromatic carbocycles. The molecule has 1 aliphatic carbocycles. The van der Waals surface area contributed by atoms with E-state index in [2.05, 4.69) is 6.58 Å². The minimum absolute atomic E-state index is 0.173. The summed E-state index contributed by atoms with van der Waals surface area (Å²) in [6.07, 6.45) is 3.33. The number of nitrogens with two attached hydrogens (primary N) is 1. The molecule has 0 heterocycles. The Labute approximate surface area is 66.2 Å². The molecule has 0 saturated heterocycles. The van der Waals surface area contributed by atoms with Crippen molar-refractivity contribution in [3.63, 3.8) is 0 Å². The lowest BCUT2D eigenvalue weighted by molar-refractivity contribution is -0.136. The maximum Gasteiger partial charge on any atom is 0.294 e. The van der Waals surface area contributed by atoms with Crippen LogP contribution in [0.1, 0.15) is 19.8 Å². The van der Waals surface area contributed by atoms with Gasteiger partial charge >= 0.3 is 0 Å². The van der Waals surface area contributed by atoms with Crippen LogP contribution in [0.15, 0.2) is 12.7 Å². The summed E-state index contributed by atoms with van der Waals surface area (Å²) in [5.74, 6) is 0. The molecule has 1 fully saturated rings. The number of hydrogen-bond acceptors (Lipinski definition) is 3. The summed E-state index contributed by atoms with van der Waals surface area (Å²) >= 11 is 0. The number of carbonyl (C=O) groups is 1. The van der Waals surface area contributed by atoms with Crippen LogP contribution in [-0.4, -0.2) is 12.2 Å². The molecule has 0 bridgehead atoms. The predicted octanol–water partition coefficient (Wildman–Crippen LogP) is 0.801. The molecule has 0 aromatic heterocycles. The van der Waals surface area contributed by atoms with Crippen molar-refractivity contribution in [3.8, 4) is 0 Å². The summed E-state index contributed by atoms with van der Waals surface area (Å²) in [5, 5.41) is 0. The van der Waals surface area contributed by atoms with Crippen molar-refractivity contribution in [1.29, 1.82) is 0 Å². The summed E-state index contributed by atoms with van der Waals surface area (Å²) < 4.78 is 4.76. The van der Waals surface area contributed by atoms with Crippen LogP contribution in [0.2, 0.25) is 0 Å². The molecule has 1 saturated carbocycles. The third-order valence-electron chi connectivity index (χ3n) is 2.58. The van der Waals surface area contributed by atoms with Gasteiger partial charge in [-0.25, -0.2) is 0 Å². The average molecular weight is 155 g/mol. The van der Waals surface area contributed by atoms with Crippen molar-refractivity contribution in [3.05, 3.63) is 12.7 Å². The third-order valence-corrected chi connectivity index (χ3v) is 2.58. The van der Waals surface area contributed by atoms with Crippen molar-refractivity contribution >= 4 is 6.47 Å². The van der Waals surface area contributed by atoms with Gasteiger partial charge in [-0.2, -0.15) is 0 Å². The fraction of sp³-hybridized carbons (Fsp3) is 0.625. The first-order chi connectivity index (χ1) is 5.14. The Morgan fingerprint density at radius 1 is 1.82 bits per heavy atom. The molecule has 0 radical (unpaired) electrons. The lowest BCUT2D eigenvalue weighted by atomic mass is 10.0. The van der Waals surface area contributed by atoms with Gasteiger partial charge in [0.1, 0.15) is 0 Å². The number of hydrogen-bond donors (Lipinski definition) is 1. The fourth-order valence-electron chi connectivity index (χ4n) is 1.48. The topological polar surface area (TPSA) is 52.3 Å². The zero-order valence-electron chi connectivity index (χ0n) is 6.67. The SMILES string of the molecule is C=C[C@]1(CC)C[C@@]1(N)OC=O.